The fraction of sp³-hybridized carbons (Fsp3) is 0.615. The van der Waals surface area contributed by atoms with Crippen molar-refractivity contribution in [3.63, 3.8) is 0 Å². The van der Waals surface area contributed by atoms with Gasteiger partial charge in [-0.3, -0.25) is 13.9 Å². The number of fused-ring (bicyclic) bond motifs is 1. The minimum Gasteiger partial charge on any atom is -0.393 e. The molecule has 0 saturated carbocycles. The number of nitrogens with zero attached hydrogens (tertiary/aromatic N) is 4. The summed E-state index contributed by atoms with van der Waals surface area (Å²) in [4.78, 5) is 28.8. The summed E-state index contributed by atoms with van der Waals surface area (Å²) in [6, 6.07) is 0. The van der Waals surface area contributed by atoms with Crippen LogP contribution in [0.25, 0.3) is 11.2 Å². The molecule has 2 aromatic rings. The van der Waals surface area contributed by atoms with E-state index in [1.165, 1.54) is 7.05 Å². The lowest BCUT2D eigenvalue weighted by molar-refractivity contribution is 0.180. The molecule has 1 atom stereocenters. The van der Waals surface area contributed by atoms with E-state index in [1.807, 2.05) is 0 Å². The van der Waals surface area contributed by atoms with Crippen LogP contribution < -0.4 is 11.2 Å². The first kappa shape index (κ1) is 8.41. The monoisotopic (exact) mass is 286 g/mol. The predicted molar refractivity (Wildman–Crippen MR) is 75.7 cm³/mol. The first-order valence-electron chi connectivity index (χ1n) is 9.08. The number of imidazole rings is 1. The van der Waals surface area contributed by atoms with Crippen molar-refractivity contribution in [3.05, 3.63) is 27.2 Å². The van der Waals surface area contributed by atoms with E-state index in [1.54, 1.807) is 0 Å². The van der Waals surface area contributed by atoms with Crippen molar-refractivity contribution in [2.24, 2.45) is 14.0 Å². The lowest BCUT2D eigenvalue weighted by atomic mass is 10.2. The molecule has 0 spiro atoms. The molecule has 0 amide bonds. The standard InChI is InChI=1S/C13H20N4O3/c1-9(18)6-4-5-7-17-12(19)10-11(14-8-15(10)2)16(3)13(17)20/h8-9,18H,4-7H2,1-3H3/t9-/m1/s1/i2D3,6D2,9D. The van der Waals surface area contributed by atoms with E-state index in [2.05, 4.69) is 4.98 Å². The van der Waals surface area contributed by atoms with Crippen molar-refractivity contribution in [2.45, 2.75) is 38.8 Å². The van der Waals surface area contributed by atoms with E-state index in [-0.39, 0.29) is 30.6 Å². The molecule has 0 unspecified atom stereocenters. The van der Waals surface area contributed by atoms with E-state index in [0.29, 0.717) is 4.57 Å². The van der Waals surface area contributed by atoms with Gasteiger partial charge in [0.1, 0.15) is 0 Å². The van der Waals surface area contributed by atoms with Crippen molar-refractivity contribution in [3.8, 4) is 0 Å². The van der Waals surface area contributed by atoms with Gasteiger partial charge in [-0.1, -0.05) is 0 Å². The molecule has 0 aliphatic rings. The Kier molecular flexibility index (Phi) is 2.36. The maximum absolute atomic E-state index is 12.6. The molecule has 2 heterocycles. The molecule has 0 fully saturated rings. The average Bonchev–Trinajstić information content (AvgIpc) is 2.92. The highest BCUT2D eigenvalue weighted by atomic mass is 16.3. The fourth-order valence-corrected chi connectivity index (χ4v) is 1.97. The molecule has 7 heteroatoms. The topological polar surface area (TPSA) is 82.1 Å². The normalized spacial score (nSPS) is 20.4. The maximum Gasteiger partial charge on any atom is 0.332 e. The van der Waals surface area contributed by atoms with Gasteiger partial charge in [0.15, 0.2) is 11.2 Å². The molecular formula is C13H20N4O3. The van der Waals surface area contributed by atoms with Gasteiger partial charge < -0.3 is 9.67 Å². The van der Waals surface area contributed by atoms with Crippen LogP contribution in [-0.2, 0) is 20.6 Å². The number of hydrogen-bond acceptors (Lipinski definition) is 4. The third-order valence-corrected chi connectivity index (χ3v) is 2.97. The van der Waals surface area contributed by atoms with E-state index in [0.717, 1.165) is 22.4 Å². The molecular weight excluding hydrogens is 260 g/mol. The summed E-state index contributed by atoms with van der Waals surface area (Å²) in [5.74, 6) is 0. The molecule has 0 radical (unpaired) electrons. The van der Waals surface area contributed by atoms with E-state index in [9.17, 15) is 14.7 Å². The number of rotatable bonds is 5. The van der Waals surface area contributed by atoms with Crippen molar-refractivity contribution in [2.75, 3.05) is 0 Å². The first-order valence-corrected chi connectivity index (χ1v) is 6.08. The van der Waals surface area contributed by atoms with Gasteiger partial charge in [-0.25, -0.2) is 9.78 Å². The first-order chi connectivity index (χ1) is 11.7. The van der Waals surface area contributed by atoms with Crippen LogP contribution >= 0.6 is 0 Å². The van der Waals surface area contributed by atoms with E-state index >= 15 is 0 Å². The van der Waals surface area contributed by atoms with Gasteiger partial charge in [0, 0.05) is 27.4 Å². The van der Waals surface area contributed by atoms with Crippen molar-refractivity contribution < 1.29 is 13.3 Å². The number of aryl methyl sites for hydroxylation is 2. The van der Waals surface area contributed by atoms with Gasteiger partial charge in [0.05, 0.1) is 13.8 Å². The molecule has 20 heavy (non-hydrogen) atoms. The zero-order chi connectivity index (χ0) is 20.1. The second-order valence-electron chi connectivity index (χ2n) is 4.45. The molecule has 110 valence electrons. The van der Waals surface area contributed by atoms with E-state index < -0.39 is 30.7 Å². The highest BCUT2D eigenvalue weighted by Gasteiger charge is 2.14. The third-order valence-electron chi connectivity index (χ3n) is 2.97. The van der Waals surface area contributed by atoms with Gasteiger partial charge in [-0.15, -0.1) is 0 Å². The summed E-state index contributed by atoms with van der Waals surface area (Å²) in [6.45, 7) is -1.83. The van der Waals surface area contributed by atoms with E-state index in [4.69, 9.17) is 8.22 Å². The second-order valence-corrected chi connectivity index (χ2v) is 4.45. The van der Waals surface area contributed by atoms with Crippen LogP contribution in [0.4, 0.5) is 0 Å². The molecule has 0 saturated heterocycles. The molecule has 0 bridgehead atoms. The summed E-state index contributed by atoms with van der Waals surface area (Å²) < 4.78 is 47.8. The number of aromatic nitrogens is 4. The molecule has 2 aromatic heterocycles. The van der Waals surface area contributed by atoms with Crippen molar-refractivity contribution >= 4 is 11.2 Å². The van der Waals surface area contributed by atoms with Crippen LogP contribution in [0.3, 0.4) is 0 Å². The summed E-state index contributed by atoms with van der Waals surface area (Å²) in [5.41, 5.74) is -1.86. The van der Waals surface area contributed by atoms with Crippen molar-refractivity contribution in [1.82, 2.24) is 18.7 Å². The Bertz CT molecular complexity index is 935. The highest BCUT2D eigenvalue weighted by Crippen LogP contribution is 2.04. The zero-order valence-corrected chi connectivity index (χ0v) is 11.3. The summed E-state index contributed by atoms with van der Waals surface area (Å²) in [6.07, 6.45) is -3.88. The molecule has 0 aromatic carbocycles. The lowest BCUT2D eigenvalue weighted by Crippen LogP contribution is -2.39. The van der Waals surface area contributed by atoms with Gasteiger partial charge in [-0.2, -0.15) is 0 Å². The lowest BCUT2D eigenvalue weighted by Gasteiger charge is -2.09. The van der Waals surface area contributed by atoms with Gasteiger partial charge >= 0.3 is 5.69 Å². The Morgan fingerprint density at radius 2 is 2.30 bits per heavy atom. The van der Waals surface area contributed by atoms with Crippen LogP contribution in [0.15, 0.2) is 15.9 Å². The Morgan fingerprint density at radius 1 is 1.55 bits per heavy atom. The molecule has 0 aliphatic heterocycles. The smallest absolute Gasteiger partial charge is 0.332 e. The predicted octanol–water partition coefficient (Wildman–Crippen LogP) is -0.0152. The van der Waals surface area contributed by atoms with Crippen LogP contribution in [0.5, 0.6) is 0 Å². The summed E-state index contributed by atoms with van der Waals surface area (Å²) >= 11 is 0. The number of hydrogen-bond donors (Lipinski definition) is 1. The Hall–Kier alpha value is -1.89. The molecule has 0 aliphatic carbocycles. The zero-order valence-electron chi connectivity index (χ0n) is 17.3. The maximum atomic E-state index is 12.6. The Labute approximate surface area is 124 Å². The minimum absolute atomic E-state index is 0.00934. The van der Waals surface area contributed by atoms with Crippen molar-refractivity contribution in [1.29, 1.82) is 0 Å². The van der Waals surface area contributed by atoms with Crippen LogP contribution in [0, 0.1) is 0 Å². The van der Waals surface area contributed by atoms with Crippen LogP contribution in [-0.4, -0.2) is 29.9 Å². The van der Waals surface area contributed by atoms with Gasteiger partial charge in [0.2, 0.25) is 0 Å². The SMILES string of the molecule is [2H]C([2H])([2H])n1cnc2c1c(=O)n(CCCC([2H])([2H])[C@@]([2H])(C)O)c(=O)n2C. The average molecular weight is 286 g/mol. The largest absolute Gasteiger partial charge is 0.393 e. The number of aliphatic hydroxyl groups is 1. The summed E-state index contributed by atoms with van der Waals surface area (Å²) in [7, 11) is 1.35. The Morgan fingerprint density at radius 3 is 2.95 bits per heavy atom. The minimum atomic E-state index is -2.65. The highest BCUT2D eigenvalue weighted by molar-refractivity contribution is 5.69. The second kappa shape index (κ2) is 5.62. The Balaban J connectivity index is 2.46. The fourth-order valence-electron chi connectivity index (χ4n) is 1.97. The van der Waals surface area contributed by atoms with Crippen LogP contribution in [0.2, 0.25) is 0 Å². The molecule has 2 rings (SSSR count). The molecule has 1 N–H and O–H groups in total. The molecule has 7 nitrogen and oxygen atoms in total. The third kappa shape index (κ3) is 2.53. The van der Waals surface area contributed by atoms with Gasteiger partial charge in [-0.05, 0) is 26.1 Å². The van der Waals surface area contributed by atoms with Crippen LogP contribution in [0.1, 0.15) is 34.4 Å². The summed E-state index contributed by atoms with van der Waals surface area (Å²) in [5, 5.41) is 9.52. The van der Waals surface area contributed by atoms with Gasteiger partial charge in [0.25, 0.3) is 5.56 Å². The quantitative estimate of drug-likeness (QED) is 0.838.